The van der Waals surface area contributed by atoms with Gasteiger partial charge in [-0.15, -0.1) is 0 Å². The average Bonchev–Trinajstić information content (AvgIpc) is 2.16. The molecule has 0 saturated carbocycles. The lowest BCUT2D eigenvalue weighted by Crippen LogP contribution is -2.04. The van der Waals surface area contributed by atoms with Gasteiger partial charge in [0.15, 0.2) is 0 Å². The second-order valence-corrected chi connectivity index (χ2v) is 4.21. The molecule has 0 aliphatic carbocycles. The van der Waals surface area contributed by atoms with Gasteiger partial charge in [-0.05, 0) is 23.8 Å². The Labute approximate surface area is 87.4 Å². The highest BCUT2D eigenvalue weighted by Gasteiger charge is 2.09. The van der Waals surface area contributed by atoms with Crippen molar-refractivity contribution in [2.75, 3.05) is 13.8 Å². The van der Waals surface area contributed by atoms with Crippen molar-refractivity contribution in [3.63, 3.8) is 0 Å². The molecule has 0 saturated heterocycles. The van der Waals surface area contributed by atoms with Crippen LogP contribution >= 0.6 is 0 Å². The minimum absolute atomic E-state index is 0.117. The Kier molecular flexibility index (Phi) is 3.65. The van der Waals surface area contributed by atoms with Crippen LogP contribution in [0.4, 0.5) is 4.39 Å². The maximum absolute atomic E-state index is 12.1. The van der Waals surface area contributed by atoms with Crippen LogP contribution in [-0.4, -0.2) is 26.8 Å². The van der Waals surface area contributed by atoms with Gasteiger partial charge in [-0.3, -0.25) is 4.39 Å². The van der Waals surface area contributed by atoms with Crippen molar-refractivity contribution in [3.05, 3.63) is 23.8 Å². The topological polar surface area (TPSA) is 66.4 Å². The number of ether oxygens (including phenoxy) is 1. The molecule has 0 N–H and O–H groups in total. The second-order valence-electron chi connectivity index (χ2n) is 2.87. The standard InChI is InChI=1S/C9H11FO4S/c1-14-8-2-3-9(15(11,12)13)7(6-8)4-5-10/h2-3,6H,4-5H2,1H3,(H,11,12,13)/p-1. The van der Waals surface area contributed by atoms with Crippen LogP contribution in [0.25, 0.3) is 0 Å². The Morgan fingerprint density at radius 3 is 2.60 bits per heavy atom. The molecule has 0 aliphatic rings. The van der Waals surface area contributed by atoms with Crippen molar-refractivity contribution < 1.29 is 22.1 Å². The first-order valence-electron chi connectivity index (χ1n) is 4.18. The predicted octanol–water partition coefficient (Wildman–Crippen LogP) is 1.11. The monoisotopic (exact) mass is 233 g/mol. The number of halogens is 1. The SMILES string of the molecule is COc1ccc(S(=O)(=O)[O-])c(CCF)c1. The van der Waals surface area contributed by atoms with Gasteiger partial charge in [0.2, 0.25) is 0 Å². The molecule has 0 radical (unpaired) electrons. The molecule has 1 aromatic rings. The van der Waals surface area contributed by atoms with Crippen molar-refractivity contribution in [2.45, 2.75) is 11.3 Å². The van der Waals surface area contributed by atoms with Gasteiger partial charge in [0.05, 0.1) is 18.7 Å². The minimum Gasteiger partial charge on any atom is -0.744 e. The summed E-state index contributed by atoms with van der Waals surface area (Å²) < 4.78 is 49.4. The van der Waals surface area contributed by atoms with Crippen molar-refractivity contribution in [1.29, 1.82) is 0 Å². The lowest BCUT2D eigenvalue weighted by atomic mass is 10.1. The normalized spacial score (nSPS) is 11.4. The summed E-state index contributed by atoms with van der Waals surface area (Å²) in [5.74, 6) is 0.394. The summed E-state index contributed by atoms with van der Waals surface area (Å²) in [5.41, 5.74) is 0.145. The van der Waals surface area contributed by atoms with Gasteiger partial charge in [-0.25, -0.2) is 8.42 Å². The Hall–Kier alpha value is -1.14. The van der Waals surface area contributed by atoms with E-state index in [1.807, 2.05) is 0 Å². The summed E-state index contributed by atoms with van der Waals surface area (Å²) in [6.45, 7) is -0.727. The average molecular weight is 233 g/mol. The molecule has 0 aliphatic heterocycles. The molecule has 0 aromatic heterocycles. The molecular weight excluding hydrogens is 223 g/mol. The first-order valence-corrected chi connectivity index (χ1v) is 5.58. The fourth-order valence-electron chi connectivity index (χ4n) is 1.22. The summed E-state index contributed by atoms with van der Waals surface area (Å²) in [4.78, 5) is -0.388. The van der Waals surface area contributed by atoms with E-state index in [-0.39, 0.29) is 16.9 Å². The van der Waals surface area contributed by atoms with E-state index in [1.165, 1.54) is 19.2 Å². The molecule has 0 unspecified atom stereocenters. The van der Waals surface area contributed by atoms with Crippen molar-refractivity contribution in [2.24, 2.45) is 0 Å². The third-order valence-corrected chi connectivity index (χ3v) is 2.84. The number of methoxy groups -OCH3 is 1. The molecule has 1 rings (SSSR count). The zero-order valence-electron chi connectivity index (χ0n) is 8.07. The van der Waals surface area contributed by atoms with Crippen LogP contribution in [0.5, 0.6) is 5.75 Å². The Balaban J connectivity index is 3.27. The molecule has 0 fully saturated rings. The van der Waals surface area contributed by atoms with Crippen LogP contribution in [0.15, 0.2) is 23.1 Å². The van der Waals surface area contributed by atoms with Gasteiger partial charge < -0.3 is 9.29 Å². The van der Waals surface area contributed by atoms with Gasteiger partial charge in [0, 0.05) is 6.42 Å². The van der Waals surface area contributed by atoms with Crippen molar-refractivity contribution >= 4 is 10.1 Å². The molecule has 0 amide bonds. The lowest BCUT2D eigenvalue weighted by molar-refractivity contribution is 0.412. The van der Waals surface area contributed by atoms with E-state index in [0.29, 0.717) is 5.75 Å². The van der Waals surface area contributed by atoms with E-state index in [9.17, 15) is 17.4 Å². The molecule has 15 heavy (non-hydrogen) atoms. The Morgan fingerprint density at radius 1 is 1.47 bits per heavy atom. The molecular formula is C9H10FO4S-. The summed E-state index contributed by atoms with van der Waals surface area (Å²) >= 11 is 0. The fraction of sp³-hybridized carbons (Fsp3) is 0.333. The molecule has 0 atom stereocenters. The molecule has 0 heterocycles. The maximum Gasteiger partial charge on any atom is 0.124 e. The van der Waals surface area contributed by atoms with E-state index in [0.717, 1.165) is 6.07 Å². The van der Waals surface area contributed by atoms with Crippen molar-refractivity contribution in [1.82, 2.24) is 0 Å². The van der Waals surface area contributed by atoms with Gasteiger partial charge in [-0.1, -0.05) is 0 Å². The van der Waals surface area contributed by atoms with E-state index < -0.39 is 16.8 Å². The fourth-order valence-corrected chi connectivity index (χ4v) is 1.94. The summed E-state index contributed by atoms with van der Waals surface area (Å²) in [5, 5.41) is 0. The van der Waals surface area contributed by atoms with Crippen LogP contribution < -0.4 is 4.74 Å². The second kappa shape index (κ2) is 4.59. The number of benzene rings is 1. The van der Waals surface area contributed by atoms with Gasteiger partial charge in [0.1, 0.15) is 15.9 Å². The van der Waals surface area contributed by atoms with E-state index >= 15 is 0 Å². The highest BCUT2D eigenvalue weighted by Crippen LogP contribution is 2.22. The van der Waals surface area contributed by atoms with Crippen LogP contribution in [-0.2, 0) is 16.5 Å². The Bertz CT molecular complexity index is 441. The van der Waals surface area contributed by atoms with E-state index in [1.54, 1.807) is 0 Å². The first kappa shape index (κ1) is 11.9. The highest BCUT2D eigenvalue weighted by atomic mass is 32.2. The zero-order chi connectivity index (χ0) is 11.5. The maximum atomic E-state index is 12.1. The molecule has 84 valence electrons. The first-order chi connectivity index (χ1) is 6.99. The quantitative estimate of drug-likeness (QED) is 0.731. The third kappa shape index (κ3) is 2.90. The van der Waals surface area contributed by atoms with E-state index in [4.69, 9.17) is 4.74 Å². The number of rotatable bonds is 4. The summed E-state index contributed by atoms with van der Waals surface area (Å²) in [6.07, 6.45) is -0.117. The number of alkyl halides is 1. The van der Waals surface area contributed by atoms with Crippen LogP contribution in [0.1, 0.15) is 5.56 Å². The largest absolute Gasteiger partial charge is 0.744 e. The highest BCUT2D eigenvalue weighted by molar-refractivity contribution is 7.85. The number of hydrogen-bond donors (Lipinski definition) is 0. The minimum atomic E-state index is -4.55. The molecule has 1 aromatic carbocycles. The molecule has 4 nitrogen and oxygen atoms in total. The third-order valence-electron chi connectivity index (χ3n) is 1.90. The summed E-state index contributed by atoms with van der Waals surface area (Å²) in [6, 6.07) is 3.84. The van der Waals surface area contributed by atoms with Gasteiger partial charge >= 0.3 is 0 Å². The number of hydrogen-bond acceptors (Lipinski definition) is 4. The molecule has 6 heteroatoms. The van der Waals surface area contributed by atoms with Crippen molar-refractivity contribution in [3.8, 4) is 5.75 Å². The summed E-state index contributed by atoms with van der Waals surface area (Å²) in [7, 11) is -3.15. The van der Waals surface area contributed by atoms with E-state index in [2.05, 4.69) is 0 Å². The Morgan fingerprint density at radius 2 is 2.13 bits per heavy atom. The smallest absolute Gasteiger partial charge is 0.124 e. The molecule has 0 spiro atoms. The lowest BCUT2D eigenvalue weighted by Gasteiger charge is -2.13. The van der Waals surface area contributed by atoms with Gasteiger partial charge in [-0.2, -0.15) is 0 Å². The number of aryl methyl sites for hydroxylation is 1. The predicted molar refractivity (Wildman–Crippen MR) is 50.6 cm³/mol. The van der Waals surface area contributed by atoms with Crippen LogP contribution in [0.2, 0.25) is 0 Å². The van der Waals surface area contributed by atoms with Gasteiger partial charge in [0.25, 0.3) is 0 Å². The van der Waals surface area contributed by atoms with Crippen LogP contribution in [0.3, 0.4) is 0 Å². The molecule has 0 bridgehead atoms. The van der Waals surface area contributed by atoms with Crippen LogP contribution in [0, 0.1) is 0 Å². The zero-order valence-corrected chi connectivity index (χ0v) is 8.88.